The molecule has 2 heterocycles. The van der Waals surface area contributed by atoms with Gasteiger partial charge < -0.3 is 11.1 Å². The number of aromatic nitrogens is 4. The summed E-state index contributed by atoms with van der Waals surface area (Å²) in [6.45, 7) is 0.458. The normalized spacial score (nSPS) is 10.3. The Hall–Kier alpha value is -2.44. The van der Waals surface area contributed by atoms with Crippen LogP contribution in [0.25, 0.3) is 0 Å². The first-order valence-corrected chi connectivity index (χ1v) is 5.49. The number of pyridine rings is 1. The Balaban J connectivity index is 1.85. The summed E-state index contributed by atoms with van der Waals surface area (Å²) in [6, 6.07) is 3.17. The third-order valence-corrected chi connectivity index (χ3v) is 2.30. The Morgan fingerprint density at radius 3 is 3.00 bits per heavy atom. The second kappa shape index (κ2) is 5.26. The molecular weight excluding hydrogens is 232 g/mol. The maximum atomic E-state index is 11.7. The maximum Gasteiger partial charge on any atom is 0.269 e. The van der Waals surface area contributed by atoms with Crippen molar-refractivity contribution in [3.8, 4) is 0 Å². The lowest BCUT2D eigenvalue weighted by molar-refractivity contribution is 0.0949. The molecule has 0 aromatic carbocycles. The van der Waals surface area contributed by atoms with Gasteiger partial charge in [0.2, 0.25) is 0 Å². The van der Waals surface area contributed by atoms with Crippen LogP contribution in [-0.4, -0.2) is 32.2 Å². The number of anilines is 1. The molecule has 0 spiro atoms. The number of carbonyl (C=O) groups is 1. The molecule has 0 bridgehead atoms. The number of nitrogens with one attached hydrogen (secondary N) is 1. The van der Waals surface area contributed by atoms with E-state index >= 15 is 0 Å². The molecule has 0 aliphatic rings. The molecule has 1 amide bonds. The Bertz CT molecular complexity index is 550. The first-order chi connectivity index (χ1) is 8.65. The third-order valence-electron chi connectivity index (χ3n) is 2.30. The number of nitrogen functional groups attached to an aromatic ring is 1. The molecule has 0 radical (unpaired) electrons. The molecular formula is C11H14N6O. The molecule has 2 aromatic heterocycles. The van der Waals surface area contributed by atoms with Crippen molar-refractivity contribution >= 4 is 11.6 Å². The molecule has 0 saturated carbocycles. The highest BCUT2D eigenvalue weighted by molar-refractivity contribution is 5.92. The summed E-state index contributed by atoms with van der Waals surface area (Å²) in [5.74, 6) is 0.441. The van der Waals surface area contributed by atoms with Crippen molar-refractivity contribution in [1.29, 1.82) is 0 Å². The summed E-state index contributed by atoms with van der Waals surface area (Å²) in [5.41, 5.74) is 6.40. The van der Waals surface area contributed by atoms with Crippen LogP contribution < -0.4 is 11.1 Å². The van der Waals surface area contributed by atoms with E-state index in [0.717, 1.165) is 0 Å². The lowest BCUT2D eigenvalue weighted by Crippen LogP contribution is -2.26. The predicted octanol–water partition coefficient (Wildman–Crippen LogP) is -0.235. The van der Waals surface area contributed by atoms with Crippen LogP contribution in [-0.2, 0) is 13.5 Å². The van der Waals surface area contributed by atoms with Gasteiger partial charge in [-0.15, -0.1) is 0 Å². The SMILES string of the molecule is Cn1cnc(CCNC(=O)c2cc(N)ccn2)n1. The summed E-state index contributed by atoms with van der Waals surface area (Å²) in [7, 11) is 1.80. The molecule has 2 rings (SSSR count). The largest absolute Gasteiger partial charge is 0.399 e. The van der Waals surface area contributed by atoms with E-state index in [4.69, 9.17) is 5.73 Å². The van der Waals surface area contributed by atoms with E-state index in [1.54, 1.807) is 24.1 Å². The van der Waals surface area contributed by atoms with Gasteiger partial charge in [0.15, 0.2) is 5.82 Å². The zero-order valence-corrected chi connectivity index (χ0v) is 10.00. The summed E-state index contributed by atoms with van der Waals surface area (Å²) < 4.78 is 1.62. The average Bonchev–Trinajstić information content (AvgIpc) is 2.75. The van der Waals surface area contributed by atoms with Crippen LogP contribution in [0.2, 0.25) is 0 Å². The van der Waals surface area contributed by atoms with Gasteiger partial charge >= 0.3 is 0 Å². The lowest BCUT2D eigenvalue weighted by atomic mass is 10.3. The maximum absolute atomic E-state index is 11.7. The molecule has 0 fully saturated rings. The van der Waals surface area contributed by atoms with E-state index in [1.165, 1.54) is 12.3 Å². The van der Waals surface area contributed by atoms with Crippen LogP contribution in [0.15, 0.2) is 24.7 Å². The van der Waals surface area contributed by atoms with Gasteiger partial charge in [-0.2, -0.15) is 5.10 Å². The van der Waals surface area contributed by atoms with Gasteiger partial charge in [-0.1, -0.05) is 0 Å². The number of aryl methyl sites for hydroxylation is 1. The molecule has 7 heteroatoms. The van der Waals surface area contributed by atoms with E-state index in [0.29, 0.717) is 30.2 Å². The topological polar surface area (TPSA) is 98.7 Å². The van der Waals surface area contributed by atoms with Gasteiger partial charge in [0.05, 0.1) is 0 Å². The van der Waals surface area contributed by atoms with Crippen LogP contribution >= 0.6 is 0 Å². The number of nitrogens with zero attached hydrogens (tertiary/aromatic N) is 4. The molecule has 18 heavy (non-hydrogen) atoms. The summed E-state index contributed by atoms with van der Waals surface area (Å²) in [6.07, 6.45) is 3.70. The van der Waals surface area contributed by atoms with Gasteiger partial charge in [-0.3, -0.25) is 14.5 Å². The molecule has 0 saturated heterocycles. The number of nitrogens with two attached hydrogens (primary N) is 1. The van der Waals surface area contributed by atoms with Crippen molar-refractivity contribution < 1.29 is 4.79 Å². The Morgan fingerprint density at radius 2 is 2.33 bits per heavy atom. The first-order valence-electron chi connectivity index (χ1n) is 5.49. The minimum Gasteiger partial charge on any atom is -0.399 e. The van der Waals surface area contributed by atoms with E-state index in [9.17, 15) is 4.79 Å². The van der Waals surface area contributed by atoms with Crippen LogP contribution in [0.4, 0.5) is 5.69 Å². The van der Waals surface area contributed by atoms with Crippen LogP contribution in [0.5, 0.6) is 0 Å². The first kappa shape index (κ1) is 12.0. The third kappa shape index (κ3) is 3.03. The number of rotatable bonds is 4. The summed E-state index contributed by atoms with van der Waals surface area (Å²) in [4.78, 5) is 19.7. The fourth-order valence-electron chi connectivity index (χ4n) is 1.45. The molecule has 0 unspecified atom stereocenters. The molecule has 0 aliphatic carbocycles. The number of carbonyl (C=O) groups excluding carboxylic acids is 1. The van der Waals surface area contributed by atoms with Crippen molar-refractivity contribution in [2.24, 2.45) is 7.05 Å². The Kier molecular flexibility index (Phi) is 3.52. The molecule has 7 nitrogen and oxygen atoms in total. The highest BCUT2D eigenvalue weighted by atomic mass is 16.1. The number of amides is 1. The second-order valence-electron chi connectivity index (χ2n) is 3.81. The smallest absolute Gasteiger partial charge is 0.269 e. The second-order valence-corrected chi connectivity index (χ2v) is 3.81. The van der Waals surface area contributed by atoms with Crippen LogP contribution in [0.3, 0.4) is 0 Å². The molecule has 0 atom stereocenters. The Morgan fingerprint density at radius 1 is 1.50 bits per heavy atom. The monoisotopic (exact) mass is 246 g/mol. The number of hydrogen-bond donors (Lipinski definition) is 2. The van der Waals surface area contributed by atoms with Crippen molar-refractivity contribution in [2.75, 3.05) is 12.3 Å². The average molecular weight is 246 g/mol. The van der Waals surface area contributed by atoms with Gasteiger partial charge in [-0.05, 0) is 12.1 Å². The molecule has 94 valence electrons. The van der Waals surface area contributed by atoms with Crippen molar-refractivity contribution in [3.63, 3.8) is 0 Å². The lowest BCUT2D eigenvalue weighted by Gasteiger charge is -2.03. The minimum absolute atomic E-state index is 0.252. The molecule has 3 N–H and O–H groups in total. The van der Waals surface area contributed by atoms with Gasteiger partial charge in [0.1, 0.15) is 12.0 Å². The zero-order valence-electron chi connectivity index (χ0n) is 10.00. The predicted molar refractivity (Wildman–Crippen MR) is 65.7 cm³/mol. The zero-order chi connectivity index (χ0) is 13.0. The van der Waals surface area contributed by atoms with E-state index in [-0.39, 0.29) is 5.91 Å². The van der Waals surface area contributed by atoms with Crippen molar-refractivity contribution in [1.82, 2.24) is 25.1 Å². The van der Waals surface area contributed by atoms with Gasteiger partial charge in [0, 0.05) is 31.9 Å². The van der Waals surface area contributed by atoms with Crippen LogP contribution in [0, 0.1) is 0 Å². The van der Waals surface area contributed by atoms with Crippen LogP contribution in [0.1, 0.15) is 16.3 Å². The quantitative estimate of drug-likeness (QED) is 0.776. The minimum atomic E-state index is -0.252. The fourth-order valence-corrected chi connectivity index (χ4v) is 1.45. The summed E-state index contributed by atoms with van der Waals surface area (Å²) in [5, 5.41) is 6.85. The number of hydrogen-bond acceptors (Lipinski definition) is 5. The Labute approximate surface area is 104 Å². The van der Waals surface area contributed by atoms with E-state index in [2.05, 4.69) is 20.4 Å². The highest BCUT2D eigenvalue weighted by Gasteiger charge is 2.07. The summed E-state index contributed by atoms with van der Waals surface area (Å²) >= 11 is 0. The standard InChI is InChI=1S/C11H14N6O/c1-17-7-15-10(16-17)3-5-14-11(18)9-6-8(12)2-4-13-9/h2,4,6-7H,3,5H2,1H3,(H2,12,13)(H,14,18). The highest BCUT2D eigenvalue weighted by Crippen LogP contribution is 2.02. The van der Waals surface area contributed by atoms with E-state index < -0.39 is 0 Å². The van der Waals surface area contributed by atoms with E-state index in [1.807, 2.05) is 0 Å². The molecule has 0 aliphatic heterocycles. The van der Waals surface area contributed by atoms with Crippen molar-refractivity contribution in [2.45, 2.75) is 6.42 Å². The fraction of sp³-hybridized carbons (Fsp3) is 0.273. The van der Waals surface area contributed by atoms with Gasteiger partial charge in [0.25, 0.3) is 5.91 Å². The van der Waals surface area contributed by atoms with Gasteiger partial charge in [-0.25, -0.2) is 4.98 Å². The molecule has 2 aromatic rings. The van der Waals surface area contributed by atoms with Crippen molar-refractivity contribution in [3.05, 3.63) is 36.2 Å².